The van der Waals surface area contributed by atoms with Crippen LogP contribution in [0.25, 0.3) is 0 Å². The zero-order chi connectivity index (χ0) is 10.7. The number of aromatic nitrogens is 1. The third-order valence-electron chi connectivity index (χ3n) is 2.56. The average molecular weight is 194 g/mol. The summed E-state index contributed by atoms with van der Waals surface area (Å²) in [7, 11) is 1.67. The molecule has 1 atom stereocenters. The summed E-state index contributed by atoms with van der Waals surface area (Å²) in [6, 6.07) is 1.79. The molecule has 0 amide bonds. The van der Waals surface area contributed by atoms with E-state index in [1.54, 1.807) is 13.2 Å². The lowest BCUT2D eigenvalue weighted by Crippen LogP contribution is -2.04. The summed E-state index contributed by atoms with van der Waals surface area (Å²) in [6.45, 7) is 6.29. The second-order valence-corrected chi connectivity index (χ2v) is 3.56. The molecule has 0 spiro atoms. The molecule has 0 saturated carbocycles. The minimum absolute atomic E-state index is 0.457. The molecule has 0 aliphatic heterocycles. The largest absolute Gasteiger partial charge is 0.496 e. The van der Waals surface area contributed by atoms with Gasteiger partial charge in [0.25, 0.3) is 0 Å². The Kier molecular flexibility index (Phi) is 3.33. The smallest absolute Gasteiger partial charge is 0.127 e. The Morgan fingerprint density at radius 2 is 2.21 bits per heavy atom. The van der Waals surface area contributed by atoms with Gasteiger partial charge in [0.05, 0.1) is 7.11 Å². The van der Waals surface area contributed by atoms with Crippen molar-refractivity contribution in [2.45, 2.75) is 33.1 Å². The number of hydrogen-bond donors (Lipinski definition) is 1. The van der Waals surface area contributed by atoms with E-state index < -0.39 is 0 Å². The van der Waals surface area contributed by atoms with Crippen molar-refractivity contribution in [1.29, 1.82) is 0 Å². The molecule has 3 heteroatoms. The van der Waals surface area contributed by atoms with E-state index in [-0.39, 0.29) is 0 Å². The van der Waals surface area contributed by atoms with E-state index in [1.807, 2.05) is 6.92 Å². The maximum absolute atomic E-state index is 5.65. The highest BCUT2D eigenvalue weighted by Gasteiger charge is 2.14. The lowest BCUT2D eigenvalue weighted by molar-refractivity contribution is 0.404. The number of anilines is 1. The number of methoxy groups -OCH3 is 1. The number of rotatable bonds is 3. The van der Waals surface area contributed by atoms with Crippen molar-refractivity contribution >= 4 is 5.82 Å². The molecule has 3 nitrogen and oxygen atoms in total. The van der Waals surface area contributed by atoms with E-state index in [0.29, 0.717) is 11.7 Å². The standard InChI is InChI=1S/C11H18N2O/c1-5-7(2)11-8(3)13-10(12)6-9(11)14-4/h6-7H,5H2,1-4H3,(H2,12,13). The van der Waals surface area contributed by atoms with E-state index in [0.717, 1.165) is 17.9 Å². The molecule has 0 aliphatic rings. The van der Waals surface area contributed by atoms with Crippen LogP contribution in [0, 0.1) is 6.92 Å². The minimum atomic E-state index is 0.457. The van der Waals surface area contributed by atoms with Crippen molar-refractivity contribution in [2.75, 3.05) is 12.8 Å². The summed E-state index contributed by atoms with van der Waals surface area (Å²) in [5.74, 6) is 1.83. The first-order valence-corrected chi connectivity index (χ1v) is 4.91. The van der Waals surface area contributed by atoms with Gasteiger partial charge in [-0.15, -0.1) is 0 Å². The maximum Gasteiger partial charge on any atom is 0.127 e. The molecular weight excluding hydrogens is 176 g/mol. The second-order valence-electron chi connectivity index (χ2n) is 3.56. The Morgan fingerprint density at radius 3 is 2.71 bits per heavy atom. The molecule has 0 aliphatic carbocycles. The highest BCUT2D eigenvalue weighted by atomic mass is 16.5. The quantitative estimate of drug-likeness (QED) is 0.804. The van der Waals surface area contributed by atoms with Crippen molar-refractivity contribution in [3.05, 3.63) is 17.3 Å². The van der Waals surface area contributed by atoms with Crippen LogP contribution in [0.2, 0.25) is 0 Å². The number of aryl methyl sites for hydroxylation is 1. The summed E-state index contributed by atoms with van der Waals surface area (Å²) in [5.41, 5.74) is 7.79. The predicted octanol–water partition coefficient (Wildman–Crippen LogP) is 2.49. The van der Waals surface area contributed by atoms with Crippen LogP contribution in [0.15, 0.2) is 6.07 Å². The van der Waals surface area contributed by atoms with Gasteiger partial charge in [-0.1, -0.05) is 13.8 Å². The van der Waals surface area contributed by atoms with Crippen molar-refractivity contribution in [2.24, 2.45) is 0 Å². The summed E-state index contributed by atoms with van der Waals surface area (Å²) in [6.07, 6.45) is 1.07. The van der Waals surface area contributed by atoms with Gasteiger partial charge in [0.2, 0.25) is 0 Å². The van der Waals surface area contributed by atoms with Crippen molar-refractivity contribution in [3.8, 4) is 5.75 Å². The molecule has 1 unspecified atom stereocenters. The molecule has 1 heterocycles. The van der Waals surface area contributed by atoms with Gasteiger partial charge in [-0.2, -0.15) is 0 Å². The molecule has 14 heavy (non-hydrogen) atoms. The molecule has 0 bridgehead atoms. The maximum atomic E-state index is 5.65. The molecule has 0 radical (unpaired) electrons. The van der Waals surface area contributed by atoms with Crippen molar-refractivity contribution in [1.82, 2.24) is 4.98 Å². The fraction of sp³-hybridized carbons (Fsp3) is 0.545. The first kappa shape index (κ1) is 10.8. The van der Waals surface area contributed by atoms with Gasteiger partial charge in [0.1, 0.15) is 11.6 Å². The normalized spacial score (nSPS) is 12.6. The molecule has 78 valence electrons. The van der Waals surface area contributed by atoms with E-state index in [1.165, 1.54) is 5.56 Å². The fourth-order valence-electron chi connectivity index (χ4n) is 1.65. The summed E-state index contributed by atoms with van der Waals surface area (Å²) >= 11 is 0. The summed E-state index contributed by atoms with van der Waals surface area (Å²) < 4.78 is 5.31. The molecule has 1 aromatic heterocycles. The highest BCUT2D eigenvalue weighted by Crippen LogP contribution is 2.31. The number of ether oxygens (including phenoxy) is 1. The zero-order valence-electron chi connectivity index (χ0n) is 9.29. The zero-order valence-corrected chi connectivity index (χ0v) is 9.29. The van der Waals surface area contributed by atoms with Gasteiger partial charge < -0.3 is 10.5 Å². The molecule has 0 aromatic carbocycles. The van der Waals surface area contributed by atoms with E-state index in [2.05, 4.69) is 18.8 Å². The Hall–Kier alpha value is -1.25. The average Bonchev–Trinajstić information content (AvgIpc) is 2.15. The summed E-state index contributed by atoms with van der Waals surface area (Å²) in [4.78, 5) is 4.25. The Morgan fingerprint density at radius 1 is 1.57 bits per heavy atom. The van der Waals surface area contributed by atoms with Gasteiger partial charge in [0, 0.05) is 17.3 Å². The minimum Gasteiger partial charge on any atom is -0.496 e. The third kappa shape index (κ3) is 1.97. The molecule has 0 saturated heterocycles. The lowest BCUT2D eigenvalue weighted by atomic mass is 9.96. The van der Waals surface area contributed by atoms with Gasteiger partial charge in [-0.3, -0.25) is 0 Å². The summed E-state index contributed by atoms with van der Waals surface area (Å²) in [5, 5.41) is 0. The van der Waals surface area contributed by atoms with Crippen LogP contribution in [0.5, 0.6) is 5.75 Å². The lowest BCUT2D eigenvalue weighted by Gasteiger charge is -2.16. The molecule has 1 aromatic rings. The molecule has 1 rings (SSSR count). The van der Waals surface area contributed by atoms with Crippen LogP contribution < -0.4 is 10.5 Å². The van der Waals surface area contributed by atoms with E-state index in [4.69, 9.17) is 10.5 Å². The topological polar surface area (TPSA) is 48.1 Å². The van der Waals surface area contributed by atoms with Crippen LogP contribution in [-0.2, 0) is 0 Å². The number of pyridine rings is 1. The first-order chi connectivity index (χ1) is 6.60. The molecular formula is C11H18N2O. The fourth-order valence-corrected chi connectivity index (χ4v) is 1.65. The number of nitrogens with two attached hydrogens (primary N) is 1. The Labute approximate surface area is 85.3 Å². The second kappa shape index (κ2) is 4.31. The van der Waals surface area contributed by atoms with Crippen LogP contribution >= 0.6 is 0 Å². The van der Waals surface area contributed by atoms with Crippen LogP contribution in [0.1, 0.15) is 37.4 Å². The van der Waals surface area contributed by atoms with Gasteiger partial charge in [-0.25, -0.2) is 4.98 Å². The van der Waals surface area contributed by atoms with Crippen LogP contribution in [0.3, 0.4) is 0 Å². The SMILES string of the molecule is CCC(C)c1c(OC)cc(N)nc1C. The number of nitrogen functional groups attached to an aromatic ring is 1. The van der Waals surface area contributed by atoms with Gasteiger partial charge in [-0.05, 0) is 19.3 Å². The monoisotopic (exact) mass is 194 g/mol. The van der Waals surface area contributed by atoms with Crippen LogP contribution in [-0.4, -0.2) is 12.1 Å². The molecule has 0 fully saturated rings. The van der Waals surface area contributed by atoms with Crippen molar-refractivity contribution in [3.63, 3.8) is 0 Å². The number of hydrogen-bond acceptors (Lipinski definition) is 3. The van der Waals surface area contributed by atoms with E-state index >= 15 is 0 Å². The number of nitrogens with zero attached hydrogens (tertiary/aromatic N) is 1. The van der Waals surface area contributed by atoms with Gasteiger partial charge in [0.15, 0.2) is 0 Å². The van der Waals surface area contributed by atoms with E-state index in [9.17, 15) is 0 Å². The van der Waals surface area contributed by atoms with Crippen LogP contribution in [0.4, 0.5) is 5.82 Å². The van der Waals surface area contributed by atoms with Crippen molar-refractivity contribution < 1.29 is 4.74 Å². The molecule has 2 N–H and O–H groups in total. The van der Waals surface area contributed by atoms with Gasteiger partial charge >= 0.3 is 0 Å². The highest BCUT2D eigenvalue weighted by molar-refractivity contribution is 5.47. The predicted molar refractivity (Wildman–Crippen MR) is 58.6 cm³/mol. The third-order valence-corrected chi connectivity index (χ3v) is 2.56. The Bertz CT molecular complexity index is 323. The Balaban J connectivity index is 3.24. The first-order valence-electron chi connectivity index (χ1n) is 4.91.